The van der Waals surface area contributed by atoms with Gasteiger partial charge in [0, 0.05) is 17.1 Å². The van der Waals surface area contributed by atoms with Crippen LogP contribution in [-0.4, -0.2) is 0 Å². The molecular formula is C8H17Mn-. The van der Waals surface area contributed by atoms with Crippen LogP contribution >= 0.6 is 0 Å². The van der Waals surface area contributed by atoms with Crippen LogP contribution in [0, 0.1) is 6.92 Å². The summed E-state index contributed by atoms with van der Waals surface area (Å²) in [7, 11) is 0. The van der Waals surface area contributed by atoms with Crippen LogP contribution in [0.4, 0.5) is 0 Å². The van der Waals surface area contributed by atoms with Gasteiger partial charge in [0.05, 0.1) is 0 Å². The van der Waals surface area contributed by atoms with E-state index in [9.17, 15) is 0 Å². The summed E-state index contributed by atoms with van der Waals surface area (Å²) in [6.07, 6.45) is 7.98. The van der Waals surface area contributed by atoms with E-state index in [2.05, 4.69) is 13.8 Å². The van der Waals surface area contributed by atoms with Gasteiger partial charge >= 0.3 is 0 Å². The van der Waals surface area contributed by atoms with Crippen molar-refractivity contribution in [1.82, 2.24) is 0 Å². The van der Waals surface area contributed by atoms with E-state index in [0.29, 0.717) is 0 Å². The van der Waals surface area contributed by atoms with Gasteiger partial charge < -0.3 is 6.92 Å². The third-order valence-corrected chi connectivity index (χ3v) is 1.35. The Labute approximate surface area is 69.9 Å². The molecule has 0 aliphatic carbocycles. The Hall–Kier alpha value is 0.519. The summed E-state index contributed by atoms with van der Waals surface area (Å²) in [6, 6.07) is 0. The molecule has 0 bridgehead atoms. The zero-order chi connectivity index (χ0) is 6.24. The van der Waals surface area contributed by atoms with Crippen LogP contribution in [0.5, 0.6) is 0 Å². The van der Waals surface area contributed by atoms with Crippen LogP contribution < -0.4 is 0 Å². The molecule has 0 N–H and O–H groups in total. The van der Waals surface area contributed by atoms with Crippen molar-refractivity contribution in [3.8, 4) is 0 Å². The van der Waals surface area contributed by atoms with Gasteiger partial charge in [0.15, 0.2) is 0 Å². The van der Waals surface area contributed by atoms with E-state index in [-0.39, 0.29) is 17.1 Å². The van der Waals surface area contributed by atoms with Gasteiger partial charge in [-0.3, -0.25) is 0 Å². The third-order valence-electron chi connectivity index (χ3n) is 1.35. The molecule has 0 aliphatic heterocycles. The molecule has 1 heteroatoms. The minimum atomic E-state index is 0. The summed E-state index contributed by atoms with van der Waals surface area (Å²) in [5, 5.41) is 0. The molecule has 0 nitrogen and oxygen atoms in total. The minimum absolute atomic E-state index is 0. The molecule has 0 aliphatic rings. The van der Waals surface area contributed by atoms with Gasteiger partial charge in [-0.25, -0.2) is 0 Å². The summed E-state index contributed by atoms with van der Waals surface area (Å²) >= 11 is 0. The van der Waals surface area contributed by atoms with Gasteiger partial charge in [-0.2, -0.15) is 6.42 Å². The zero-order valence-corrected chi connectivity index (χ0v) is 7.51. The van der Waals surface area contributed by atoms with Crippen molar-refractivity contribution in [3.63, 3.8) is 0 Å². The smallest absolute Gasteiger partial charge is 0 e. The second-order valence-electron chi connectivity index (χ2n) is 2.27. The largest absolute Gasteiger partial charge is 0.343 e. The fraction of sp³-hybridized carbons (Fsp3) is 0.875. The van der Waals surface area contributed by atoms with Crippen LogP contribution in [0.25, 0.3) is 0 Å². The van der Waals surface area contributed by atoms with Crippen molar-refractivity contribution in [2.24, 2.45) is 0 Å². The Morgan fingerprint density at radius 3 is 2.00 bits per heavy atom. The average Bonchev–Trinajstić information content (AvgIpc) is 1.81. The molecule has 0 aromatic heterocycles. The predicted octanol–water partition coefficient (Wildman–Crippen LogP) is 3.18. The van der Waals surface area contributed by atoms with E-state index in [1.54, 1.807) is 0 Å². The number of unbranched alkanes of at least 4 members (excludes halogenated alkanes) is 5. The van der Waals surface area contributed by atoms with Gasteiger partial charge in [0.25, 0.3) is 0 Å². The minimum Gasteiger partial charge on any atom is -0.343 e. The van der Waals surface area contributed by atoms with Crippen molar-refractivity contribution in [2.45, 2.75) is 45.4 Å². The molecule has 0 saturated carbocycles. The second-order valence-corrected chi connectivity index (χ2v) is 2.27. The maximum Gasteiger partial charge on any atom is 0 e. The van der Waals surface area contributed by atoms with Crippen molar-refractivity contribution in [2.75, 3.05) is 0 Å². The molecule has 0 rings (SSSR count). The summed E-state index contributed by atoms with van der Waals surface area (Å²) in [4.78, 5) is 0. The molecule has 0 saturated heterocycles. The first-order valence-corrected chi connectivity index (χ1v) is 3.71. The van der Waals surface area contributed by atoms with Crippen LogP contribution in [0.3, 0.4) is 0 Å². The molecule has 1 radical (unpaired) electrons. The maximum absolute atomic E-state index is 3.78. The van der Waals surface area contributed by atoms with Crippen molar-refractivity contribution in [1.29, 1.82) is 0 Å². The number of hydrogen-bond acceptors (Lipinski definition) is 0. The van der Waals surface area contributed by atoms with Gasteiger partial charge in [-0.05, 0) is 0 Å². The Kier molecular flexibility index (Phi) is 15.4. The molecule has 0 amide bonds. The summed E-state index contributed by atoms with van der Waals surface area (Å²) in [5.41, 5.74) is 0. The second kappa shape index (κ2) is 11.3. The molecular weight excluding hydrogens is 151 g/mol. The van der Waals surface area contributed by atoms with Crippen LogP contribution in [-0.2, 0) is 17.1 Å². The van der Waals surface area contributed by atoms with Crippen molar-refractivity contribution in [3.05, 3.63) is 6.92 Å². The van der Waals surface area contributed by atoms with Crippen molar-refractivity contribution < 1.29 is 17.1 Å². The summed E-state index contributed by atoms with van der Waals surface area (Å²) < 4.78 is 0. The maximum atomic E-state index is 3.78. The topological polar surface area (TPSA) is 0 Å². The predicted molar refractivity (Wildman–Crippen MR) is 38.7 cm³/mol. The Morgan fingerprint density at radius 2 is 1.56 bits per heavy atom. The van der Waals surface area contributed by atoms with Crippen LogP contribution in [0.2, 0.25) is 0 Å². The van der Waals surface area contributed by atoms with E-state index in [0.717, 1.165) is 6.42 Å². The Balaban J connectivity index is 0. The van der Waals surface area contributed by atoms with E-state index in [1.165, 1.54) is 32.1 Å². The van der Waals surface area contributed by atoms with Crippen LogP contribution in [0.1, 0.15) is 45.4 Å². The van der Waals surface area contributed by atoms with E-state index in [4.69, 9.17) is 0 Å². The van der Waals surface area contributed by atoms with Crippen molar-refractivity contribution >= 4 is 0 Å². The fourth-order valence-corrected chi connectivity index (χ4v) is 0.780. The molecule has 0 spiro atoms. The van der Waals surface area contributed by atoms with Gasteiger partial charge in [0.2, 0.25) is 0 Å². The van der Waals surface area contributed by atoms with Gasteiger partial charge in [0.1, 0.15) is 0 Å². The monoisotopic (exact) mass is 168 g/mol. The summed E-state index contributed by atoms with van der Waals surface area (Å²) in [5.74, 6) is 0. The Bertz CT molecular complexity index is 29.5. The third kappa shape index (κ3) is 11.9. The number of rotatable bonds is 5. The van der Waals surface area contributed by atoms with Gasteiger partial charge in [-0.15, -0.1) is 0 Å². The molecule has 0 aromatic rings. The SMILES string of the molecule is [CH2-]CCCCCCC.[Mn]. The first-order chi connectivity index (χ1) is 3.91. The van der Waals surface area contributed by atoms with E-state index >= 15 is 0 Å². The zero-order valence-electron chi connectivity index (χ0n) is 6.33. The first-order valence-electron chi connectivity index (χ1n) is 3.71. The standard InChI is InChI=1S/C8H17.Mn/c1-3-5-7-8-6-4-2;/h1,3-8H2,2H3;/q-1;. The molecule has 57 valence electrons. The molecule has 0 atom stereocenters. The first kappa shape index (κ1) is 12.2. The molecule has 0 fully saturated rings. The molecule has 0 aromatic carbocycles. The van der Waals surface area contributed by atoms with Crippen LogP contribution in [0.15, 0.2) is 0 Å². The normalized spacial score (nSPS) is 8.67. The van der Waals surface area contributed by atoms with Gasteiger partial charge in [-0.1, -0.05) is 39.0 Å². The van der Waals surface area contributed by atoms with E-state index in [1.807, 2.05) is 0 Å². The average molecular weight is 168 g/mol. The molecule has 0 unspecified atom stereocenters. The fourth-order valence-electron chi connectivity index (χ4n) is 0.780. The number of hydrogen-bond donors (Lipinski definition) is 0. The quantitative estimate of drug-likeness (QED) is 0.336. The Morgan fingerprint density at radius 1 is 1.00 bits per heavy atom. The molecule has 9 heavy (non-hydrogen) atoms. The molecule has 0 heterocycles. The van der Waals surface area contributed by atoms with E-state index < -0.39 is 0 Å². The summed E-state index contributed by atoms with van der Waals surface area (Å²) in [6.45, 7) is 6.02.